The van der Waals surface area contributed by atoms with Crippen molar-refractivity contribution < 1.29 is 18.1 Å². The van der Waals surface area contributed by atoms with Crippen LogP contribution in [0.25, 0.3) is 0 Å². The summed E-state index contributed by atoms with van der Waals surface area (Å²) >= 11 is 5.61. The highest BCUT2D eigenvalue weighted by Crippen LogP contribution is 2.26. The first-order chi connectivity index (χ1) is 10.8. The molecular formula is C12H9ClN4O5S. The normalized spacial score (nSPS) is 11.0. The maximum atomic E-state index is 12.0. The Hall–Kier alpha value is -2.56. The number of nitro groups is 1. The summed E-state index contributed by atoms with van der Waals surface area (Å²) < 4.78 is 24.1. The number of hydrogen-bond acceptors (Lipinski definition) is 6. The van der Waals surface area contributed by atoms with E-state index in [0.29, 0.717) is 0 Å². The van der Waals surface area contributed by atoms with Crippen LogP contribution in [0.3, 0.4) is 0 Å². The van der Waals surface area contributed by atoms with Crippen LogP contribution in [-0.4, -0.2) is 24.2 Å². The number of rotatable bonds is 5. The van der Waals surface area contributed by atoms with Gasteiger partial charge in [-0.3, -0.25) is 25.3 Å². The van der Waals surface area contributed by atoms with Crippen molar-refractivity contribution in [3.8, 4) is 0 Å². The minimum absolute atomic E-state index is 0.00251. The van der Waals surface area contributed by atoms with Gasteiger partial charge in [0.15, 0.2) is 0 Å². The summed E-state index contributed by atoms with van der Waals surface area (Å²) in [5.74, 6) is -0.780. The standard InChI is InChI=1S/C12H9ClN4O5S/c13-9-5-4-8(7-11(9)17(19)20)23(21,22)16-15-12(18)10-3-1-2-6-14-10/h1-7,16H,(H,15,18). The number of sulfonamides is 1. The van der Waals surface area contributed by atoms with E-state index in [9.17, 15) is 23.3 Å². The molecule has 0 unspecified atom stereocenters. The molecule has 9 nitrogen and oxygen atoms in total. The molecule has 2 aromatic rings. The smallest absolute Gasteiger partial charge is 0.272 e. The highest BCUT2D eigenvalue weighted by atomic mass is 35.5. The third-order valence-electron chi connectivity index (χ3n) is 2.62. The minimum atomic E-state index is -4.21. The maximum Gasteiger partial charge on any atom is 0.289 e. The van der Waals surface area contributed by atoms with Gasteiger partial charge in [0, 0.05) is 12.3 Å². The second-order valence-corrected chi connectivity index (χ2v) is 6.23. The number of benzene rings is 1. The van der Waals surface area contributed by atoms with Crippen LogP contribution in [0.4, 0.5) is 5.69 Å². The molecule has 11 heteroatoms. The topological polar surface area (TPSA) is 131 Å². The Morgan fingerprint density at radius 1 is 1.26 bits per heavy atom. The van der Waals surface area contributed by atoms with Crippen molar-refractivity contribution in [2.45, 2.75) is 4.90 Å². The second-order valence-electron chi connectivity index (χ2n) is 4.14. The summed E-state index contributed by atoms with van der Waals surface area (Å²) in [5.41, 5.74) is 1.39. The zero-order valence-corrected chi connectivity index (χ0v) is 12.8. The van der Waals surface area contributed by atoms with E-state index < -0.39 is 31.4 Å². The fraction of sp³-hybridized carbons (Fsp3) is 0. The SMILES string of the molecule is O=C(NNS(=O)(=O)c1ccc(Cl)c([N+](=O)[O-])c1)c1ccccn1. The van der Waals surface area contributed by atoms with E-state index in [1.165, 1.54) is 12.3 Å². The summed E-state index contributed by atoms with van der Waals surface area (Å²) in [4.78, 5) is 26.8. The van der Waals surface area contributed by atoms with Crippen LogP contribution < -0.4 is 10.3 Å². The average molecular weight is 357 g/mol. The first kappa shape index (κ1) is 16.8. The lowest BCUT2D eigenvalue weighted by molar-refractivity contribution is -0.384. The molecule has 0 atom stereocenters. The number of halogens is 1. The van der Waals surface area contributed by atoms with Crippen molar-refractivity contribution in [2.75, 3.05) is 0 Å². The van der Waals surface area contributed by atoms with Crippen LogP contribution in [0.5, 0.6) is 0 Å². The van der Waals surface area contributed by atoms with Gasteiger partial charge < -0.3 is 0 Å². The van der Waals surface area contributed by atoms with E-state index in [-0.39, 0.29) is 10.7 Å². The number of hydrogen-bond donors (Lipinski definition) is 2. The molecule has 0 bridgehead atoms. The Morgan fingerprint density at radius 3 is 2.61 bits per heavy atom. The van der Waals surface area contributed by atoms with E-state index >= 15 is 0 Å². The van der Waals surface area contributed by atoms with Crippen LogP contribution in [-0.2, 0) is 10.0 Å². The quantitative estimate of drug-likeness (QED) is 0.612. The summed E-state index contributed by atoms with van der Waals surface area (Å²) in [7, 11) is -4.21. The van der Waals surface area contributed by atoms with Gasteiger partial charge in [-0.1, -0.05) is 17.7 Å². The number of nitrogens with zero attached hydrogens (tertiary/aromatic N) is 2. The van der Waals surface area contributed by atoms with Gasteiger partial charge in [0.25, 0.3) is 21.6 Å². The summed E-state index contributed by atoms with van der Waals surface area (Å²) in [6.07, 6.45) is 1.37. The van der Waals surface area contributed by atoms with Crippen LogP contribution in [0.2, 0.25) is 5.02 Å². The van der Waals surface area contributed by atoms with Gasteiger partial charge in [0.05, 0.1) is 9.82 Å². The first-order valence-corrected chi connectivity index (χ1v) is 7.84. The van der Waals surface area contributed by atoms with Crippen LogP contribution in [0.15, 0.2) is 47.5 Å². The lowest BCUT2D eigenvalue weighted by Crippen LogP contribution is -2.41. The van der Waals surface area contributed by atoms with Crippen LogP contribution in [0, 0.1) is 10.1 Å². The Bertz CT molecular complexity index is 857. The molecule has 0 saturated heterocycles. The van der Waals surface area contributed by atoms with E-state index in [1.807, 2.05) is 10.3 Å². The summed E-state index contributed by atoms with van der Waals surface area (Å²) in [6.45, 7) is 0. The number of amides is 1. The molecule has 0 radical (unpaired) electrons. The lowest BCUT2D eigenvalue weighted by atomic mass is 10.3. The molecule has 0 saturated carbocycles. The van der Waals surface area contributed by atoms with E-state index in [0.717, 1.165) is 18.2 Å². The predicted molar refractivity (Wildman–Crippen MR) is 80.1 cm³/mol. The molecule has 1 aromatic heterocycles. The Kier molecular flexibility index (Phi) is 4.89. The number of hydrazine groups is 1. The number of aromatic nitrogens is 1. The van der Waals surface area contributed by atoms with Crippen molar-refractivity contribution in [1.82, 2.24) is 15.2 Å². The fourth-order valence-corrected chi connectivity index (χ4v) is 2.58. The van der Waals surface area contributed by atoms with Crippen molar-refractivity contribution in [3.63, 3.8) is 0 Å². The zero-order valence-electron chi connectivity index (χ0n) is 11.3. The number of pyridine rings is 1. The molecule has 0 spiro atoms. The van der Waals surface area contributed by atoms with Crippen molar-refractivity contribution >= 4 is 33.2 Å². The zero-order chi connectivity index (χ0) is 17.0. The van der Waals surface area contributed by atoms with Crippen molar-refractivity contribution in [2.24, 2.45) is 0 Å². The maximum absolute atomic E-state index is 12.0. The highest BCUT2D eigenvalue weighted by Gasteiger charge is 2.21. The van der Waals surface area contributed by atoms with Gasteiger partial charge in [-0.15, -0.1) is 4.83 Å². The lowest BCUT2D eigenvalue weighted by Gasteiger charge is -2.08. The Labute approximate surface area is 135 Å². The summed E-state index contributed by atoms with van der Waals surface area (Å²) in [5, 5.41) is 10.6. The van der Waals surface area contributed by atoms with E-state index in [4.69, 9.17) is 11.6 Å². The predicted octanol–water partition coefficient (Wildman–Crippen LogP) is 1.27. The Morgan fingerprint density at radius 2 is 2.00 bits per heavy atom. The number of carbonyl (C=O) groups excluding carboxylic acids is 1. The molecule has 0 aliphatic carbocycles. The molecule has 0 fully saturated rings. The molecule has 1 aromatic carbocycles. The van der Waals surface area contributed by atoms with Gasteiger partial charge in [-0.05, 0) is 24.3 Å². The fourth-order valence-electron chi connectivity index (χ4n) is 1.53. The third kappa shape index (κ3) is 4.00. The van der Waals surface area contributed by atoms with Gasteiger partial charge in [0.1, 0.15) is 10.7 Å². The largest absolute Gasteiger partial charge is 0.289 e. The molecule has 0 aliphatic heterocycles. The average Bonchev–Trinajstić information content (AvgIpc) is 2.53. The second kappa shape index (κ2) is 6.69. The molecular weight excluding hydrogens is 348 g/mol. The molecule has 1 amide bonds. The van der Waals surface area contributed by atoms with Crippen molar-refractivity contribution in [1.29, 1.82) is 0 Å². The van der Waals surface area contributed by atoms with Crippen LogP contribution >= 0.6 is 11.6 Å². The van der Waals surface area contributed by atoms with E-state index in [1.54, 1.807) is 12.1 Å². The molecule has 2 rings (SSSR count). The van der Waals surface area contributed by atoms with Crippen molar-refractivity contribution in [3.05, 3.63) is 63.4 Å². The highest BCUT2D eigenvalue weighted by molar-refractivity contribution is 7.89. The molecule has 23 heavy (non-hydrogen) atoms. The first-order valence-electron chi connectivity index (χ1n) is 5.98. The van der Waals surface area contributed by atoms with Crippen LogP contribution in [0.1, 0.15) is 10.5 Å². The van der Waals surface area contributed by atoms with Gasteiger partial charge in [-0.25, -0.2) is 8.42 Å². The van der Waals surface area contributed by atoms with Gasteiger partial charge >= 0.3 is 0 Å². The minimum Gasteiger partial charge on any atom is -0.272 e. The van der Waals surface area contributed by atoms with Gasteiger partial charge in [-0.2, -0.15) is 0 Å². The molecule has 120 valence electrons. The molecule has 2 N–H and O–H groups in total. The Balaban J connectivity index is 2.18. The third-order valence-corrected chi connectivity index (χ3v) is 4.19. The number of nitro benzene ring substituents is 1. The van der Waals surface area contributed by atoms with E-state index in [2.05, 4.69) is 4.98 Å². The monoisotopic (exact) mass is 356 g/mol. The summed E-state index contributed by atoms with van der Waals surface area (Å²) in [6, 6.07) is 7.47. The van der Waals surface area contributed by atoms with Gasteiger partial charge in [0.2, 0.25) is 0 Å². The molecule has 0 aliphatic rings. The number of carbonyl (C=O) groups is 1. The molecule has 1 heterocycles. The number of nitrogens with one attached hydrogen (secondary N) is 2.